The molecule has 5 atom stereocenters. The highest BCUT2D eigenvalue weighted by Gasteiger charge is 2.43. The number of hydrogen-bond donors (Lipinski definition) is 4. The molecule has 0 amide bonds. The van der Waals surface area contributed by atoms with Crippen LogP contribution in [0.15, 0.2) is 29.2 Å². The van der Waals surface area contributed by atoms with Gasteiger partial charge in [0.05, 0.1) is 6.61 Å². The molecule has 7 heteroatoms. The van der Waals surface area contributed by atoms with Gasteiger partial charge in [0.2, 0.25) is 0 Å². The maximum atomic E-state index is 10.6. The Balaban J connectivity index is 2.08. The molecule has 0 radical (unpaired) electrons. The van der Waals surface area contributed by atoms with E-state index in [1.54, 1.807) is 24.3 Å². The van der Waals surface area contributed by atoms with Gasteiger partial charge in [-0.1, -0.05) is 23.9 Å². The van der Waals surface area contributed by atoms with Crippen molar-refractivity contribution in [3.05, 3.63) is 29.8 Å². The smallest absolute Gasteiger partial charge is 0.150 e. The Morgan fingerprint density at radius 1 is 1.10 bits per heavy atom. The Hall–Kier alpha value is -0.960. The molecule has 4 N–H and O–H groups in total. The first-order valence-corrected chi connectivity index (χ1v) is 6.97. The Morgan fingerprint density at radius 2 is 1.75 bits per heavy atom. The van der Waals surface area contributed by atoms with E-state index in [2.05, 4.69) is 0 Å². The zero-order valence-corrected chi connectivity index (χ0v) is 11.3. The number of carbonyl (C=O) groups is 1. The van der Waals surface area contributed by atoms with Crippen LogP contribution < -0.4 is 0 Å². The molecule has 20 heavy (non-hydrogen) atoms. The average Bonchev–Trinajstić information content (AvgIpc) is 2.48. The molecule has 1 aromatic rings. The summed E-state index contributed by atoms with van der Waals surface area (Å²) in [5, 5.41) is 38.3. The van der Waals surface area contributed by atoms with Crippen molar-refractivity contribution in [3.63, 3.8) is 0 Å². The maximum Gasteiger partial charge on any atom is 0.150 e. The normalized spacial score (nSPS) is 33.9. The van der Waals surface area contributed by atoms with Crippen LogP contribution in [0.1, 0.15) is 10.4 Å². The summed E-state index contributed by atoms with van der Waals surface area (Å²) in [5.41, 5.74) is -0.282. The summed E-state index contributed by atoms with van der Waals surface area (Å²) in [6.07, 6.45) is -4.21. The van der Waals surface area contributed by atoms with Crippen molar-refractivity contribution >= 4 is 18.0 Å². The number of aldehydes is 1. The van der Waals surface area contributed by atoms with E-state index in [0.717, 1.165) is 22.9 Å². The van der Waals surface area contributed by atoms with Crippen LogP contribution in [-0.2, 0) is 4.74 Å². The van der Waals surface area contributed by atoms with E-state index in [1.807, 2.05) is 0 Å². The van der Waals surface area contributed by atoms with Crippen molar-refractivity contribution in [3.8, 4) is 0 Å². The molecule has 1 aromatic carbocycles. The number of aliphatic hydroxyl groups excluding tert-OH is 4. The fourth-order valence-corrected chi connectivity index (χ4v) is 2.98. The topological polar surface area (TPSA) is 107 Å². The van der Waals surface area contributed by atoms with Crippen molar-refractivity contribution in [2.24, 2.45) is 0 Å². The van der Waals surface area contributed by atoms with Gasteiger partial charge in [0.1, 0.15) is 36.1 Å². The molecular weight excluding hydrogens is 284 g/mol. The lowest BCUT2D eigenvalue weighted by Crippen LogP contribution is -2.57. The van der Waals surface area contributed by atoms with Crippen molar-refractivity contribution in [2.75, 3.05) is 6.61 Å². The van der Waals surface area contributed by atoms with Gasteiger partial charge in [-0.15, -0.1) is 0 Å². The predicted molar refractivity (Wildman–Crippen MR) is 71.5 cm³/mol. The molecule has 0 aromatic heterocycles. The van der Waals surface area contributed by atoms with Gasteiger partial charge < -0.3 is 25.2 Å². The third-order valence-corrected chi connectivity index (χ3v) is 4.28. The lowest BCUT2D eigenvalue weighted by molar-refractivity contribution is -0.205. The van der Waals surface area contributed by atoms with Gasteiger partial charge in [-0.05, 0) is 12.1 Å². The lowest BCUT2D eigenvalue weighted by Gasteiger charge is -2.39. The van der Waals surface area contributed by atoms with E-state index in [4.69, 9.17) is 9.84 Å². The summed E-state index contributed by atoms with van der Waals surface area (Å²) in [7, 11) is 0. The zero-order valence-electron chi connectivity index (χ0n) is 10.5. The number of thioether (sulfide) groups is 1. The van der Waals surface area contributed by atoms with E-state index < -0.39 is 36.5 Å². The predicted octanol–water partition coefficient (Wildman–Crippen LogP) is -0.609. The second kappa shape index (κ2) is 6.66. The number of hydrogen-bond acceptors (Lipinski definition) is 7. The Labute approximate surface area is 120 Å². The van der Waals surface area contributed by atoms with Gasteiger partial charge in [0, 0.05) is 10.5 Å². The van der Waals surface area contributed by atoms with Crippen LogP contribution >= 0.6 is 11.8 Å². The molecule has 0 saturated carbocycles. The lowest BCUT2D eigenvalue weighted by atomic mass is 10.0. The van der Waals surface area contributed by atoms with E-state index >= 15 is 0 Å². The highest BCUT2D eigenvalue weighted by molar-refractivity contribution is 7.99. The third-order valence-electron chi connectivity index (χ3n) is 3.12. The number of benzene rings is 1. The largest absolute Gasteiger partial charge is 0.394 e. The summed E-state index contributed by atoms with van der Waals surface area (Å²) in [6, 6.07) is 6.63. The highest BCUT2D eigenvalue weighted by Crippen LogP contribution is 2.33. The van der Waals surface area contributed by atoms with Gasteiger partial charge in [-0.2, -0.15) is 0 Å². The monoisotopic (exact) mass is 300 g/mol. The van der Waals surface area contributed by atoms with Crippen LogP contribution in [0.5, 0.6) is 0 Å². The van der Waals surface area contributed by atoms with Crippen LogP contribution in [0.4, 0.5) is 0 Å². The molecule has 1 aliphatic heterocycles. The minimum absolute atomic E-state index is 0.452. The van der Waals surface area contributed by atoms with Crippen molar-refractivity contribution in [1.29, 1.82) is 0 Å². The van der Waals surface area contributed by atoms with Gasteiger partial charge >= 0.3 is 0 Å². The molecule has 110 valence electrons. The van der Waals surface area contributed by atoms with Gasteiger partial charge in [0.15, 0.2) is 0 Å². The number of rotatable bonds is 4. The van der Waals surface area contributed by atoms with E-state index in [0.29, 0.717) is 5.56 Å². The fourth-order valence-electron chi connectivity index (χ4n) is 1.92. The summed E-state index contributed by atoms with van der Waals surface area (Å²) in [4.78, 5) is 11.3. The average molecular weight is 300 g/mol. The van der Waals surface area contributed by atoms with Crippen molar-refractivity contribution in [1.82, 2.24) is 0 Å². The molecular formula is C13H16O6S. The van der Waals surface area contributed by atoms with Crippen molar-refractivity contribution < 1.29 is 30.0 Å². The molecule has 0 aliphatic carbocycles. The second-order valence-corrected chi connectivity index (χ2v) is 5.67. The number of aliphatic hydroxyl groups is 4. The Bertz CT molecular complexity index is 449. The van der Waals surface area contributed by atoms with Gasteiger partial charge in [0.25, 0.3) is 0 Å². The van der Waals surface area contributed by atoms with Crippen LogP contribution in [0.2, 0.25) is 0 Å². The highest BCUT2D eigenvalue weighted by atomic mass is 32.2. The molecule has 1 saturated heterocycles. The van der Waals surface area contributed by atoms with Crippen LogP contribution in [0.3, 0.4) is 0 Å². The van der Waals surface area contributed by atoms with E-state index in [-0.39, 0.29) is 0 Å². The molecule has 6 nitrogen and oxygen atoms in total. The van der Waals surface area contributed by atoms with E-state index in [9.17, 15) is 20.1 Å². The summed E-state index contributed by atoms with van der Waals surface area (Å²) in [6.45, 7) is -0.452. The summed E-state index contributed by atoms with van der Waals surface area (Å²) in [5.74, 6) is 0. The SMILES string of the molecule is O=Cc1ccc(S[C@@H]2O[C@H](CO)[C@H](O)[C@H](O)[C@H]2O)cc1. The van der Waals surface area contributed by atoms with Gasteiger partial charge in [-0.25, -0.2) is 0 Å². The minimum Gasteiger partial charge on any atom is -0.394 e. The molecule has 0 bridgehead atoms. The van der Waals surface area contributed by atoms with E-state index in [1.165, 1.54) is 0 Å². The second-order valence-electron chi connectivity index (χ2n) is 4.50. The van der Waals surface area contributed by atoms with Crippen LogP contribution in [-0.4, -0.2) is 63.2 Å². The van der Waals surface area contributed by atoms with Crippen LogP contribution in [0, 0.1) is 0 Å². The molecule has 0 spiro atoms. The first-order valence-electron chi connectivity index (χ1n) is 6.09. The molecule has 1 heterocycles. The third kappa shape index (κ3) is 3.20. The van der Waals surface area contributed by atoms with Gasteiger partial charge in [-0.3, -0.25) is 4.79 Å². The quantitative estimate of drug-likeness (QED) is 0.550. The minimum atomic E-state index is -1.38. The first kappa shape index (κ1) is 15.4. The number of ether oxygens (including phenoxy) is 1. The summed E-state index contributed by atoms with van der Waals surface area (Å²) >= 11 is 1.15. The molecule has 2 rings (SSSR count). The Kier molecular flexibility index (Phi) is 5.14. The molecule has 1 fully saturated rings. The van der Waals surface area contributed by atoms with Crippen LogP contribution in [0.25, 0.3) is 0 Å². The first-order chi connectivity index (χ1) is 9.56. The summed E-state index contributed by atoms with van der Waals surface area (Å²) < 4.78 is 5.37. The fraction of sp³-hybridized carbons (Fsp3) is 0.462. The standard InChI is InChI=1S/C13H16O6S/c14-5-7-1-3-8(4-2-7)20-13-12(18)11(17)10(16)9(6-15)19-13/h1-5,9-13,15-18H,6H2/t9-,10+,11+,12-,13+/m1/s1. The van der Waals surface area contributed by atoms with Crippen molar-refractivity contribution in [2.45, 2.75) is 34.7 Å². The zero-order chi connectivity index (χ0) is 14.7. The molecule has 0 unspecified atom stereocenters. The number of carbonyl (C=O) groups excluding carboxylic acids is 1. The molecule has 1 aliphatic rings. The maximum absolute atomic E-state index is 10.6. The Morgan fingerprint density at radius 3 is 2.30 bits per heavy atom.